The van der Waals surface area contributed by atoms with Gasteiger partial charge in [0.1, 0.15) is 43.2 Å². The minimum absolute atomic E-state index is 0.0907. The molecule has 1 aliphatic carbocycles. The predicted molar refractivity (Wildman–Crippen MR) is 258 cm³/mol. The molecule has 0 bridgehead atoms. The number of aliphatic hydroxyl groups excluding tert-OH is 5. The van der Waals surface area contributed by atoms with Crippen LogP contribution in [0.1, 0.15) is 245 Å². The van der Waals surface area contributed by atoms with Gasteiger partial charge in [-0.2, -0.15) is 0 Å². The highest BCUT2D eigenvalue weighted by atomic mass is 31.2. The molecule has 65 heavy (non-hydrogen) atoms. The van der Waals surface area contributed by atoms with E-state index in [9.17, 15) is 44.6 Å². The van der Waals surface area contributed by atoms with Crippen LogP contribution in [0.15, 0.2) is 12.2 Å². The highest BCUT2D eigenvalue weighted by Crippen LogP contribution is 2.47. The van der Waals surface area contributed by atoms with Gasteiger partial charge >= 0.3 is 19.8 Å². The molecule has 0 spiro atoms. The highest BCUT2D eigenvalue weighted by Gasteiger charge is 2.51. The van der Waals surface area contributed by atoms with Gasteiger partial charge in [0.25, 0.3) is 0 Å². The van der Waals surface area contributed by atoms with Crippen molar-refractivity contribution in [1.82, 2.24) is 0 Å². The number of hydrogen-bond donors (Lipinski definition) is 6. The topological polar surface area (TPSA) is 210 Å². The Balaban J connectivity index is 2.32. The first-order chi connectivity index (χ1) is 31.4. The van der Waals surface area contributed by atoms with E-state index >= 15 is 0 Å². The van der Waals surface area contributed by atoms with Gasteiger partial charge in [0.2, 0.25) is 0 Å². The minimum atomic E-state index is -5.12. The largest absolute Gasteiger partial charge is 0.472 e. The molecule has 0 saturated heterocycles. The summed E-state index contributed by atoms with van der Waals surface area (Å²) >= 11 is 0. The van der Waals surface area contributed by atoms with Gasteiger partial charge in [-0.25, -0.2) is 4.57 Å². The Morgan fingerprint density at radius 1 is 0.462 bits per heavy atom. The Labute approximate surface area is 394 Å². The van der Waals surface area contributed by atoms with Crippen LogP contribution < -0.4 is 0 Å². The van der Waals surface area contributed by atoms with Gasteiger partial charge in [0.05, 0.1) is 6.61 Å². The summed E-state index contributed by atoms with van der Waals surface area (Å²) in [7, 11) is -5.12. The smallest absolute Gasteiger partial charge is 0.462 e. The van der Waals surface area contributed by atoms with Crippen LogP contribution >= 0.6 is 7.82 Å². The second-order valence-electron chi connectivity index (χ2n) is 18.7. The molecular formula is C51H97O13P. The van der Waals surface area contributed by atoms with E-state index in [1.54, 1.807) is 0 Å². The van der Waals surface area contributed by atoms with Crippen molar-refractivity contribution < 1.29 is 63.1 Å². The number of rotatable bonds is 45. The molecule has 0 heterocycles. The number of unbranched alkanes of at least 4 members (excludes halogenated alkanes) is 31. The summed E-state index contributed by atoms with van der Waals surface area (Å²) in [6.07, 6.45) is 32.7. The molecule has 0 aromatic heterocycles. The molecule has 1 aliphatic rings. The first kappa shape index (κ1) is 61.6. The standard InChI is InChI=1S/C51H97O13P/c1-3-5-7-9-11-13-15-17-18-19-20-21-22-23-24-25-26-28-29-31-33-35-37-39-44(52)61-41-43(42-62-65(59,60)64-51-49(57)47(55)46(54)48(56)50(51)58)63-45(53)40-38-36-34-32-30-27-16-14-12-10-8-6-4-2/h14,16,43,46-51,54-58H,3-13,15,17-42H2,1-2H3,(H,59,60)/b16-14-. The molecule has 0 radical (unpaired) electrons. The van der Waals surface area contributed by atoms with Crippen LogP contribution in [0.2, 0.25) is 0 Å². The van der Waals surface area contributed by atoms with Crippen molar-refractivity contribution in [3.05, 3.63) is 12.2 Å². The molecule has 1 rings (SSSR count). The Morgan fingerprint density at radius 3 is 1.18 bits per heavy atom. The van der Waals surface area contributed by atoms with Crippen LogP contribution in [-0.2, 0) is 32.7 Å². The number of phosphoric ester groups is 1. The molecule has 0 aromatic carbocycles. The number of hydrogen-bond acceptors (Lipinski definition) is 12. The molecule has 6 unspecified atom stereocenters. The van der Waals surface area contributed by atoms with Crippen molar-refractivity contribution in [2.24, 2.45) is 0 Å². The van der Waals surface area contributed by atoms with E-state index < -0.39 is 75.7 Å². The second-order valence-corrected chi connectivity index (χ2v) is 20.1. The normalized spacial score (nSPS) is 21.4. The third-order valence-electron chi connectivity index (χ3n) is 12.6. The molecule has 6 atom stereocenters. The van der Waals surface area contributed by atoms with Gasteiger partial charge in [0.15, 0.2) is 6.10 Å². The SMILES string of the molecule is CCCCCC/C=C\CCCCCCCC(=O)OC(COC(=O)CCCCCCCCCCCCCCCCCCCCCCCCC)COP(=O)(O)OC1C(O)C(O)C(O)C(O)C1O. The number of aliphatic hydroxyl groups is 5. The average molecular weight is 949 g/mol. The van der Waals surface area contributed by atoms with E-state index in [0.29, 0.717) is 12.8 Å². The van der Waals surface area contributed by atoms with E-state index in [-0.39, 0.29) is 12.8 Å². The minimum Gasteiger partial charge on any atom is -0.462 e. The van der Waals surface area contributed by atoms with Crippen molar-refractivity contribution in [1.29, 1.82) is 0 Å². The number of carbonyl (C=O) groups excluding carboxylic acids is 2. The number of ether oxygens (including phenoxy) is 2. The fourth-order valence-corrected chi connectivity index (χ4v) is 9.32. The maximum atomic E-state index is 12.8. The zero-order valence-corrected chi connectivity index (χ0v) is 41.9. The van der Waals surface area contributed by atoms with Crippen molar-refractivity contribution in [3.63, 3.8) is 0 Å². The van der Waals surface area contributed by atoms with Crippen LogP contribution in [-0.4, -0.2) is 98.3 Å². The monoisotopic (exact) mass is 949 g/mol. The number of phosphoric acid groups is 1. The molecule has 1 fully saturated rings. The van der Waals surface area contributed by atoms with Gasteiger partial charge in [-0.3, -0.25) is 18.6 Å². The Morgan fingerprint density at radius 2 is 0.785 bits per heavy atom. The Kier molecular flexibility index (Phi) is 39.4. The van der Waals surface area contributed by atoms with Crippen LogP contribution in [0.4, 0.5) is 0 Å². The van der Waals surface area contributed by atoms with Crippen LogP contribution in [0.3, 0.4) is 0 Å². The summed E-state index contributed by atoms with van der Waals surface area (Å²) in [5.41, 5.74) is 0. The molecule has 13 nitrogen and oxygen atoms in total. The molecule has 0 amide bonds. The molecule has 0 aromatic rings. The van der Waals surface area contributed by atoms with E-state index in [1.807, 2.05) is 0 Å². The van der Waals surface area contributed by atoms with Crippen molar-refractivity contribution >= 4 is 19.8 Å². The fraction of sp³-hybridized carbons (Fsp3) is 0.922. The summed E-state index contributed by atoms with van der Waals surface area (Å²) in [6.45, 7) is 3.31. The quantitative estimate of drug-likeness (QED) is 0.0145. The Bertz CT molecular complexity index is 1190. The lowest BCUT2D eigenvalue weighted by molar-refractivity contribution is -0.220. The summed E-state index contributed by atoms with van der Waals surface area (Å²) in [4.78, 5) is 35.8. The van der Waals surface area contributed by atoms with E-state index in [0.717, 1.165) is 57.8 Å². The maximum absolute atomic E-state index is 12.8. The first-order valence-corrected chi connectivity index (χ1v) is 28.0. The fourth-order valence-electron chi connectivity index (χ4n) is 8.34. The van der Waals surface area contributed by atoms with Gasteiger partial charge in [-0.1, -0.05) is 206 Å². The molecule has 384 valence electrons. The van der Waals surface area contributed by atoms with Gasteiger partial charge < -0.3 is 39.9 Å². The predicted octanol–water partition coefficient (Wildman–Crippen LogP) is 11.4. The van der Waals surface area contributed by atoms with Gasteiger partial charge in [0, 0.05) is 12.8 Å². The average Bonchev–Trinajstić information content (AvgIpc) is 3.29. The molecule has 0 aliphatic heterocycles. The van der Waals surface area contributed by atoms with Crippen LogP contribution in [0.5, 0.6) is 0 Å². The first-order valence-electron chi connectivity index (χ1n) is 26.5. The number of carbonyl (C=O) groups is 2. The van der Waals surface area contributed by atoms with Crippen LogP contribution in [0, 0.1) is 0 Å². The number of esters is 2. The second kappa shape index (κ2) is 41.6. The van der Waals surface area contributed by atoms with E-state index in [4.69, 9.17) is 18.5 Å². The molecule has 6 N–H and O–H groups in total. The summed E-state index contributed by atoms with van der Waals surface area (Å²) in [5.74, 6) is -1.10. The van der Waals surface area contributed by atoms with E-state index in [1.165, 1.54) is 148 Å². The summed E-state index contributed by atoms with van der Waals surface area (Å²) < 4.78 is 33.6. The third kappa shape index (κ3) is 33.7. The summed E-state index contributed by atoms with van der Waals surface area (Å²) in [6, 6.07) is 0. The third-order valence-corrected chi connectivity index (χ3v) is 13.6. The maximum Gasteiger partial charge on any atom is 0.472 e. The van der Waals surface area contributed by atoms with Crippen molar-refractivity contribution in [3.8, 4) is 0 Å². The van der Waals surface area contributed by atoms with Crippen molar-refractivity contribution in [2.75, 3.05) is 13.2 Å². The zero-order chi connectivity index (χ0) is 47.8. The lowest BCUT2D eigenvalue weighted by Gasteiger charge is -2.41. The Hall–Kier alpha value is -1.41. The zero-order valence-electron chi connectivity index (χ0n) is 41.1. The van der Waals surface area contributed by atoms with Gasteiger partial charge in [-0.05, 0) is 38.5 Å². The number of allylic oxidation sites excluding steroid dienone is 2. The van der Waals surface area contributed by atoms with Crippen LogP contribution in [0.25, 0.3) is 0 Å². The van der Waals surface area contributed by atoms with Crippen molar-refractivity contribution in [2.45, 2.75) is 288 Å². The molecular weight excluding hydrogens is 852 g/mol. The lowest BCUT2D eigenvalue weighted by Crippen LogP contribution is -2.64. The molecule has 1 saturated carbocycles. The van der Waals surface area contributed by atoms with Gasteiger partial charge in [-0.15, -0.1) is 0 Å². The summed E-state index contributed by atoms with van der Waals surface area (Å²) in [5, 5.41) is 50.2. The lowest BCUT2D eigenvalue weighted by atomic mass is 9.85. The molecule has 14 heteroatoms. The van der Waals surface area contributed by atoms with E-state index in [2.05, 4.69) is 26.0 Å². The highest BCUT2D eigenvalue weighted by molar-refractivity contribution is 7.47.